The molecule has 0 atom stereocenters. The first-order valence-electron chi connectivity index (χ1n) is 8.73. The lowest BCUT2D eigenvalue weighted by molar-refractivity contribution is 0.477. The van der Waals surface area contributed by atoms with Gasteiger partial charge in [0.1, 0.15) is 5.82 Å². The smallest absolute Gasteiger partial charge is 0.193 e. The van der Waals surface area contributed by atoms with Crippen molar-refractivity contribution in [2.75, 3.05) is 20.1 Å². The number of benzene rings is 2. The molecule has 1 heterocycles. The standard InChI is InChI=1S/C20H25N5/c1-3-21-20(25(2)15-16-9-5-4-6-10-16)22-14-13-19-23-17-11-7-8-12-18(17)24-19/h4-12H,3,13-15H2,1-2H3,(H,21,22)(H,23,24). The van der Waals surface area contributed by atoms with E-state index in [1.165, 1.54) is 5.56 Å². The number of aromatic amines is 1. The molecule has 0 amide bonds. The van der Waals surface area contributed by atoms with Gasteiger partial charge in [0.05, 0.1) is 11.0 Å². The van der Waals surface area contributed by atoms with Crippen LogP contribution < -0.4 is 5.32 Å². The summed E-state index contributed by atoms with van der Waals surface area (Å²) in [5, 5.41) is 3.36. The van der Waals surface area contributed by atoms with E-state index >= 15 is 0 Å². The van der Waals surface area contributed by atoms with Crippen molar-refractivity contribution in [1.29, 1.82) is 0 Å². The Morgan fingerprint density at radius 1 is 1.12 bits per heavy atom. The van der Waals surface area contributed by atoms with Gasteiger partial charge in [0.2, 0.25) is 0 Å². The summed E-state index contributed by atoms with van der Waals surface area (Å²) >= 11 is 0. The van der Waals surface area contributed by atoms with Crippen molar-refractivity contribution in [3.8, 4) is 0 Å². The number of para-hydroxylation sites is 2. The van der Waals surface area contributed by atoms with E-state index in [0.29, 0.717) is 6.54 Å². The Hall–Kier alpha value is -2.82. The summed E-state index contributed by atoms with van der Waals surface area (Å²) in [6.07, 6.45) is 0.794. The quantitative estimate of drug-likeness (QED) is 0.537. The second-order valence-corrected chi connectivity index (χ2v) is 6.03. The van der Waals surface area contributed by atoms with Crippen LogP contribution in [0.3, 0.4) is 0 Å². The molecule has 0 aliphatic heterocycles. The zero-order valence-electron chi connectivity index (χ0n) is 14.9. The van der Waals surface area contributed by atoms with Crippen LogP contribution in [-0.4, -0.2) is 41.0 Å². The first-order valence-corrected chi connectivity index (χ1v) is 8.73. The van der Waals surface area contributed by atoms with Crippen LogP contribution >= 0.6 is 0 Å². The summed E-state index contributed by atoms with van der Waals surface area (Å²) in [4.78, 5) is 14.9. The Labute approximate surface area is 148 Å². The van der Waals surface area contributed by atoms with E-state index in [1.807, 2.05) is 30.3 Å². The minimum Gasteiger partial charge on any atom is -0.357 e. The molecule has 3 aromatic rings. The van der Waals surface area contributed by atoms with Crippen molar-refractivity contribution in [2.24, 2.45) is 4.99 Å². The molecular formula is C20H25N5. The SMILES string of the molecule is CCNC(=NCCc1nc2ccccc2[nH]1)N(C)Cc1ccccc1. The Balaban J connectivity index is 1.63. The molecule has 0 fully saturated rings. The minimum absolute atomic E-state index is 0.696. The monoisotopic (exact) mass is 335 g/mol. The predicted octanol–water partition coefficient (Wildman–Crippen LogP) is 3.20. The molecule has 0 unspecified atom stereocenters. The molecule has 5 heteroatoms. The van der Waals surface area contributed by atoms with Crippen molar-refractivity contribution in [3.63, 3.8) is 0 Å². The van der Waals surface area contributed by atoms with E-state index in [2.05, 4.69) is 58.4 Å². The van der Waals surface area contributed by atoms with E-state index in [-0.39, 0.29) is 0 Å². The zero-order valence-corrected chi connectivity index (χ0v) is 14.9. The maximum atomic E-state index is 4.75. The van der Waals surface area contributed by atoms with Crippen LogP contribution in [0.2, 0.25) is 0 Å². The van der Waals surface area contributed by atoms with Gasteiger partial charge in [-0.05, 0) is 24.6 Å². The lowest BCUT2D eigenvalue weighted by atomic mass is 10.2. The molecule has 1 aromatic heterocycles. The number of hydrogen-bond acceptors (Lipinski definition) is 2. The van der Waals surface area contributed by atoms with Crippen LogP contribution in [0.5, 0.6) is 0 Å². The number of rotatable bonds is 6. The number of nitrogens with zero attached hydrogens (tertiary/aromatic N) is 3. The van der Waals surface area contributed by atoms with E-state index in [1.54, 1.807) is 0 Å². The van der Waals surface area contributed by atoms with E-state index in [9.17, 15) is 0 Å². The van der Waals surface area contributed by atoms with Crippen LogP contribution in [0.15, 0.2) is 59.6 Å². The average Bonchev–Trinajstić information content (AvgIpc) is 3.04. The molecule has 0 saturated carbocycles. The Bertz CT molecular complexity index is 789. The predicted molar refractivity (Wildman–Crippen MR) is 104 cm³/mol. The molecule has 0 aliphatic rings. The Morgan fingerprint density at radius 2 is 1.88 bits per heavy atom. The third-order valence-electron chi connectivity index (χ3n) is 4.01. The molecule has 25 heavy (non-hydrogen) atoms. The van der Waals surface area contributed by atoms with Gasteiger partial charge >= 0.3 is 0 Å². The van der Waals surface area contributed by atoms with Crippen molar-refractivity contribution in [1.82, 2.24) is 20.2 Å². The van der Waals surface area contributed by atoms with Gasteiger partial charge in [-0.2, -0.15) is 0 Å². The van der Waals surface area contributed by atoms with Crippen LogP contribution in [-0.2, 0) is 13.0 Å². The van der Waals surface area contributed by atoms with E-state index < -0.39 is 0 Å². The third kappa shape index (κ3) is 4.59. The highest BCUT2D eigenvalue weighted by Gasteiger charge is 2.07. The number of guanidine groups is 1. The van der Waals surface area contributed by atoms with Gasteiger partial charge in [0, 0.05) is 33.1 Å². The largest absolute Gasteiger partial charge is 0.357 e. The molecule has 2 aromatic carbocycles. The van der Waals surface area contributed by atoms with Gasteiger partial charge in [-0.15, -0.1) is 0 Å². The molecule has 0 bridgehead atoms. The molecule has 2 N–H and O–H groups in total. The number of fused-ring (bicyclic) bond motifs is 1. The molecule has 0 saturated heterocycles. The normalized spacial score (nSPS) is 11.7. The fourth-order valence-electron chi connectivity index (χ4n) is 2.79. The fraction of sp³-hybridized carbons (Fsp3) is 0.300. The van der Waals surface area contributed by atoms with Crippen LogP contribution in [0.1, 0.15) is 18.3 Å². The van der Waals surface area contributed by atoms with Crippen LogP contribution in [0.25, 0.3) is 11.0 Å². The lowest BCUT2D eigenvalue weighted by Gasteiger charge is -2.22. The van der Waals surface area contributed by atoms with Crippen LogP contribution in [0.4, 0.5) is 0 Å². The zero-order chi connectivity index (χ0) is 17.5. The van der Waals surface area contributed by atoms with Crippen LogP contribution in [0, 0.1) is 0 Å². The van der Waals surface area contributed by atoms with Crippen molar-refractivity contribution < 1.29 is 0 Å². The summed E-state index contributed by atoms with van der Waals surface area (Å²) in [6, 6.07) is 18.5. The molecule has 3 rings (SSSR count). The number of imidazole rings is 1. The first kappa shape index (κ1) is 17.0. The van der Waals surface area contributed by atoms with Gasteiger partial charge in [0.25, 0.3) is 0 Å². The number of aromatic nitrogens is 2. The molecule has 0 aliphatic carbocycles. The molecule has 5 nitrogen and oxygen atoms in total. The van der Waals surface area contributed by atoms with Crippen molar-refractivity contribution in [2.45, 2.75) is 19.9 Å². The molecule has 130 valence electrons. The maximum absolute atomic E-state index is 4.75. The highest BCUT2D eigenvalue weighted by Crippen LogP contribution is 2.10. The van der Waals surface area contributed by atoms with E-state index in [0.717, 1.165) is 42.3 Å². The third-order valence-corrected chi connectivity index (χ3v) is 4.01. The van der Waals surface area contributed by atoms with Gasteiger partial charge in [-0.25, -0.2) is 4.98 Å². The summed E-state index contributed by atoms with van der Waals surface area (Å²) < 4.78 is 0. The Kier molecular flexibility index (Phi) is 5.67. The lowest BCUT2D eigenvalue weighted by Crippen LogP contribution is -2.38. The molecule has 0 spiro atoms. The number of hydrogen-bond donors (Lipinski definition) is 2. The number of aliphatic imine (C=N–C) groups is 1. The van der Waals surface area contributed by atoms with E-state index in [4.69, 9.17) is 4.99 Å². The van der Waals surface area contributed by atoms with Crippen molar-refractivity contribution in [3.05, 3.63) is 66.0 Å². The summed E-state index contributed by atoms with van der Waals surface area (Å²) in [5.74, 6) is 1.90. The summed E-state index contributed by atoms with van der Waals surface area (Å²) in [5.41, 5.74) is 3.36. The Morgan fingerprint density at radius 3 is 2.64 bits per heavy atom. The maximum Gasteiger partial charge on any atom is 0.193 e. The van der Waals surface area contributed by atoms with Gasteiger partial charge in [-0.1, -0.05) is 42.5 Å². The first-order chi connectivity index (χ1) is 12.3. The van der Waals surface area contributed by atoms with Gasteiger partial charge < -0.3 is 15.2 Å². The second-order valence-electron chi connectivity index (χ2n) is 6.03. The van der Waals surface area contributed by atoms with Gasteiger partial charge in [-0.3, -0.25) is 4.99 Å². The number of nitrogens with one attached hydrogen (secondary N) is 2. The van der Waals surface area contributed by atoms with Crippen molar-refractivity contribution >= 4 is 17.0 Å². The molecule has 0 radical (unpaired) electrons. The number of H-pyrrole nitrogens is 1. The molecular weight excluding hydrogens is 310 g/mol. The average molecular weight is 335 g/mol. The highest BCUT2D eigenvalue weighted by atomic mass is 15.3. The highest BCUT2D eigenvalue weighted by molar-refractivity contribution is 5.79. The summed E-state index contributed by atoms with van der Waals surface area (Å²) in [7, 11) is 2.07. The topological polar surface area (TPSA) is 56.3 Å². The fourth-order valence-corrected chi connectivity index (χ4v) is 2.79. The summed E-state index contributed by atoms with van der Waals surface area (Å²) in [6.45, 7) is 4.46. The second kappa shape index (κ2) is 8.33. The van der Waals surface area contributed by atoms with Gasteiger partial charge in [0.15, 0.2) is 5.96 Å². The minimum atomic E-state index is 0.696.